The first-order valence-electron chi connectivity index (χ1n) is 19.1. The molecule has 2 fully saturated rings. The van der Waals surface area contributed by atoms with Crippen molar-refractivity contribution in [2.75, 3.05) is 19.8 Å². The zero-order chi connectivity index (χ0) is 37.6. The molecule has 12 atom stereocenters. The molecule has 0 aromatic carbocycles. The van der Waals surface area contributed by atoms with E-state index in [4.69, 9.17) is 18.9 Å². The summed E-state index contributed by atoms with van der Waals surface area (Å²) in [5, 5.41) is 85.5. The molecule has 0 saturated carbocycles. The Bertz CT molecular complexity index is 967. The van der Waals surface area contributed by atoms with E-state index in [9.17, 15) is 45.6 Å². The van der Waals surface area contributed by atoms with Crippen LogP contribution in [0.5, 0.6) is 0 Å². The molecule has 2 rings (SSSR count). The minimum Gasteiger partial charge on any atom is -0.394 e. The molecule has 2 aliphatic heterocycles. The molecule has 1 amide bonds. The first-order chi connectivity index (χ1) is 24.6. The van der Waals surface area contributed by atoms with Gasteiger partial charge in [-0.2, -0.15) is 0 Å². The first-order valence-corrected chi connectivity index (χ1v) is 19.1. The van der Waals surface area contributed by atoms with Gasteiger partial charge in [-0.05, 0) is 38.5 Å². The van der Waals surface area contributed by atoms with Gasteiger partial charge in [0.25, 0.3) is 0 Å². The van der Waals surface area contributed by atoms with Crippen LogP contribution in [-0.4, -0.2) is 140 Å². The van der Waals surface area contributed by atoms with Crippen LogP contribution in [0.1, 0.15) is 110 Å². The summed E-state index contributed by atoms with van der Waals surface area (Å²) in [6.07, 6.45) is 5.90. The highest BCUT2D eigenvalue weighted by molar-refractivity contribution is 5.76. The van der Waals surface area contributed by atoms with Gasteiger partial charge in [-0.3, -0.25) is 4.79 Å². The van der Waals surface area contributed by atoms with Crippen LogP contribution < -0.4 is 5.32 Å². The van der Waals surface area contributed by atoms with Crippen LogP contribution in [-0.2, 0) is 23.7 Å². The van der Waals surface area contributed by atoms with E-state index in [-0.39, 0.29) is 18.9 Å². The standard InChI is InChI=1S/C37H67NO13/c1-3-5-7-8-9-10-11-12-13-14-15-16-17-19-21-29(42)38-25(26(41)20-18-6-4-2)24-48-36-34(47)32(45)35(28(23-40)50-36)51-37-33(46)31(44)30(43)27(22-39)49-37/h8-9,11-12,25-28,30-37,39-41,43-47H,3-7,10,13-24H2,1-2H3,(H,38,42)/b9-8-,12-11-. The molecule has 2 saturated heterocycles. The lowest BCUT2D eigenvalue weighted by atomic mass is 9.97. The van der Waals surface area contributed by atoms with E-state index < -0.39 is 86.8 Å². The molecule has 298 valence electrons. The number of hydrogen-bond donors (Lipinski definition) is 9. The average Bonchev–Trinajstić information content (AvgIpc) is 3.12. The summed E-state index contributed by atoms with van der Waals surface area (Å²) >= 11 is 0. The van der Waals surface area contributed by atoms with Crippen LogP contribution in [0, 0.1) is 0 Å². The molecule has 2 aliphatic rings. The maximum Gasteiger partial charge on any atom is 0.220 e. The molecule has 0 spiro atoms. The van der Waals surface area contributed by atoms with Gasteiger partial charge in [0.15, 0.2) is 12.6 Å². The fourth-order valence-electron chi connectivity index (χ4n) is 6.13. The molecular formula is C37H67NO13. The minimum absolute atomic E-state index is 0.237. The van der Waals surface area contributed by atoms with Crippen molar-refractivity contribution in [1.82, 2.24) is 5.32 Å². The van der Waals surface area contributed by atoms with Gasteiger partial charge < -0.3 is 65.1 Å². The number of aliphatic hydroxyl groups is 8. The van der Waals surface area contributed by atoms with Crippen molar-refractivity contribution in [3.63, 3.8) is 0 Å². The van der Waals surface area contributed by atoms with Gasteiger partial charge in [0, 0.05) is 6.42 Å². The number of carbonyl (C=O) groups excluding carboxylic acids is 1. The Balaban J connectivity index is 1.85. The second kappa shape index (κ2) is 26.3. The lowest BCUT2D eigenvalue weighted by Crippen LogP contribution is -2.65. The molecule has 12 unspecified atom stereocenters. The Kier molecular flexibility index (Phi) is 23.5. The third-order valence-corrected chi connectivity index (χ3v) is 9.42. The van der Waals surface area contributed by atoms with E-state index in [0.29, 0.717) is 12.8 Å². The number of ether oxygens (including phenoxy) is 4. The highest BCUT2D eigenvalue weighted by Crippen LogP contribution is 2.29. The van der Waals surface area contributed by atoms with E-state index in [1.54, 1.807) is 0 Å². The predicted molar refractivity (Wildman–Crippen MR) is 189 cm³/mol. The zero-order valence-electron chi connectivity index (χ0n) is 30.6. The molecule has 14 heteroatoms. The van der Waals surface area contributed by atoms with Crippen LogP contribution in [0.3, 0.4) is 0 Å². The van der Waals surface area contributed by atoms with Crippen LogP contribution in [0.4, 0.5) is 0 Å². The SMILES string of the molecule is CCCC/C=C\C/C=C\CCCCCCCC(=O)NC(COC1OC(CO)C(OC2OC(CO)C(O)C(O)C2O)C(O)C1O)C(O)CCCCC. The van der Waals surface area contributed by atoms with Gasteiger partial charge in [0.2, 0.25) is 5.91 Å². The fraction of sp³-hybridized carbons (Fsp3) is 0.865. The molecule has 14 nitrogen and oxygen atoms in total. The number of unbranched alkanes of at least 4 members (excludes halogenated alkanes) is 9. The Hall–Kier alpha value is -1.53. The van der Waals surface area contributed by atoms with E-state index in [0.717, 1.165) is 64.2 Å². The van der Waals surface area contributed by atoms with Crippen molar-refractivity contribution in [3.8, 4) is 0 Å². The smallest absolute Gasteiger partial charge is 0.220 e. The van der Waals surface area contributed by atoms with Crippen molar-refractivity contribution < 1.29 is 64.6 Å². The van der Waals surface area contributed by atoms with Crippen molar-refractivity contribution >= 4 is 5.91 Å². The van der Waals surface area contributed by atoms with Gasteiger partial charge in [0.05, 0.1) is 32.0 Å². The van der Waals surface area contributed by atoms with Crippen molar-refractivity contribution in [2.45, 2.75) is 184 Å². The third-order valence-electron chi connectivity index (χ3n) is 9.42. The molecule has 2 heterocycles. The second-order valence-electron chi connectivity index (χ2n) is 13.7. The Morgan fingerprint density at radius 3 is 1.98 bits per heavy atom. The van der Waals surface area contributed by atoms with Crippen molar-refractivity contribution in [3.05, 3.63) is 24.3 Å². The lowest BCUT2D eigenvalue weighted by molar-refractivity contribution is -0.359. The molecule has 0 bridgehead atoms. The van der Waals surface area contributed by atoms with Gasteiger partial charge in [-0.15, -0.1) is 0 Å². The predicted octanol–water partition coefficient (Wildman–Crippen LogP) is 1.48. The maximum atomic E-state index is 12.9. The number of carbonyl (C=O) groups is 1. The van der Waals surface area contributed by atoms with Crippen LogP contribution in [0.15, 0.2) is 24.3 Å². The van der Waals surface area contributed by atoms with Gasteiger partial charge in [-0.1, -0.05) is 89.5 Å². The molecule has 0 aromatic heterocycles. The number of amides is 1. The summed E-state index contributed by atoms with van der Waals surface area (Å²) in [7, 11) is 0. The van der Waals surface area contributed by atoms with E-state index in [1.165, 1.54) is 12.8 Å². The van der Waals surface area contributed by atoms with Gasteiger partial charge in [0.1, 0.15) is 48.8 Å². The molecule has 9 N–H and O–H groups in total. The minimum atomic E-state index is -1.78. The maximum absolute atomic E-state index is 12.9. The monoisotopic (exact) mass is 733 g/mol. The molecular weight excluding hydrogens is 666 g/mol. The highest BCUT2D eigenvalue weighted by atomic mass is 16.7. The normalized spacial score (nSPS) is 31.3. The van der Waals surface area contributed by atoms with Gasteiger partial charge >= 0.3 is 0 Å². The lowest BCUT2D eigenvalue weighted by Gasteiger charge is -2.46. The molecule has 0 aromatic rings. The number of hydrogen-bond acceptors (Lipinski definition) is 13. The first kappa shape index (κ1) is 45.6. The Morgan fingerprint density at radius 2 is 1.31 bits per heavy atom. The highest BCUT2D eigenvalue weighted by Gasteiger charge is 2.50. The third kappa shape index (κ3) is 16.2. The Morgan fingerprint density at radius 1 is 0.706 bits per heavy atom. The van der Waals surface area contributed by atoms with E-state index >= 15 is 0 Å². The molecule has 0 aliphatic carbocycles. The topological polar surface area (TPSA) is 228 Å². The Labute approximate surface area is 303 Å². The quantitative estimate of drug-likeness (QED) is 0.0454. The summed E-state index contributed by atoms with van der Waals surface area (Å²) in [5.74, 6) is -0.237. The zero-order valence-corrected chi connectivity index (χ0v) is 30.6. The molecule has 51 heavy (non-hydrogen) atoms. The van der Waals surface area contributed by atoms with Crippen LogP contribution in [0.2, 0.25) is 0 Å². The van der Waals surface area contributed by atoms with Crippen LogP contribution >= 0.6 is 0 Å². The average molecular weight is 734 g/mol. The number of rotatable bonds is 26. The summed E-state index contributed by atoms with van der Waals surface area (Å²) in [4.78, 5) is 12.9. The van der Waals surface area contributed by atoms with E-state index in [2.05, 4.69) is 36.5 Å². The fourth-order valence-corrected chi connectivity index (χ4v) is 6.13. The van der Waals surface area contributed by atoms with Crippen molar-refractivity contribution in [2.24, 2.45) is 0 Å². The van der Waals surface area contributed by atoms with Crippen molar-refractivity contribution in [1.29, 1.82) is 0 Å². The summed E-state index contributed by atoms with van der Waals surface area (Å²) in [5.41, 5.74) is 0. The van der Waals surface area contributed by atoms with E-state index in [1.807, 2.05) is 6.92 Å². The summed E-state index contributed by atoms with van der Waals surface area (Å²) in [6.45, 7) is 2.57. The van der Waals surface area contributed by atoms with Gasteiger partial charge in [-0.25, -0.2) is 0 Å². The molecule has 0 radical (unpaired) electrons. The summed E-state index contributed by atoms with van der Waals surface area (Å²) < 4.78 is 22.4. The number of aliphatic hydroxyl groups excluding tert-OH is 8. The number of nitrogens with one attached hydrogen (secondary N) is 1. The summed E-state index contributed by atoms with van der Waals surface area (Å²) in [6, 6.07) is -0.828. The number of allylic oxidation sites excluding steroid dienone is 4. The van der Waals surface area contributed by atoms with Crippen LogP contribution in [0.25, 0.3) is 0 Å². The second-order valence-corrected chi connectivity index (χ2v) is 13.7. The largest absolute Gasteiger partial charge is 0.394 e.